The van der Waals surface area contributed by atoms with Crippen LogP contribution in [0.25, 0.3) is 5.69 Å². The minimum Gasteiger partial charge on any atom is -0.371 e. The van der Waals surface area contributed by atoms with Gasteiger partial charge in [0.25, 0.3) is 5.91 Å². The highest BCUT2D eigenvalue weighted by Crippen LogP contribution is 2.24. The summed E-state index contributed by atoms with van der Waals surface area (Å²) in [6.45, 7) is 6.33. The molecule has 0 radical (unpaired) electrons. The number of rotatable bonds is 5. The van der Waals surface area contributed by atoms with Crippen molar-refractivity contribution in [1.29, 1.82) is 0 Å². The predicted octanol–water partition coefficient (Wildman–Crippen LogP) is 3.88. The molecule has 29 heavy (non-hydrogen) atoms. The van der Waals surface area contributed by atoms with Crippen molar-refractivity contribution in [2.75, 3.05) is 24.5 Å². The lowest BCUT2D eigenvalue weighted by atomic mass is 10.1. The number of benzene rings is 2. The van der Waals surface area contributed by atoms with E-state index in [1.165, 1.54) is 12.1 Å². The number of hydrogen-bond acceptors (Lipinski definition) is 3. The average Bonchev–Trinajstić information content (AvgIpc) is 3.34. The van der Waals surface area contributed by atoms with Crippen LogP contribution >= 0.6 is 0 Å². The highest BCUT2D eigenvalue weighted by Gasteiger charge is 2.24. The first kappa shape index (κ1) is 19.2. The van der Waals surface area contributed by atoms with Gasteiger partial charge in [-0.25, -0.2) is 9.07 Å². The van der Waals surface area contributed by atoms with Gasteiger partial charge in [0.1, 0.15) is 5.82 Å². The van der Waals surface area contributed by atoms with Gasteiger partial charge in [0, 0.05) is 25.3 Å². The number of anilines is 1. The molecular weight excluding hydrogens is 367 g/mol. The van der Waals surface area contributed by atoms with E-state index in [0.29, 0.717) is 18.0 Å². The largest absolute Gasteiger partial charge is 0.371 e. The molecule has 2 aromatic carbocycles. The van der Waals surface area contributed by atoms with Gasteiger partial charge < -0.3 is 10.2 Å². The number of carbonyl (C=O) groups excluding carboxylic acids is 1. The van der Waals surface area contributed by atoms with Crippen LogP contribution in [0.4, 0.5) is 10.1 Å². The highest BCUT2D eigenvalue weighted by molar-refractivity contribution is 5.95. The topological polar surface area (TPSA) is 50.2 Å². The minimum atomic E-state index is -0.224. The van der Waals surface area contributed by atoms with Crippen molar-refractivity contribution in [2.45, 2.75) is 20.3 Å². The molecule has 5 nitrogen and oxygen atoms in total. The fraction of sp³-hybridized carbons (Fsp3) is 0.304. The van der Waals surface area contributed by atoms with Crippen molar-refractivity contribution >= 4 is 11.6 Å². The molecule has 150 valence electrons. The molecule has 0 aliphatic carbocycles. The summed E-state index contributed by atoms with van der Waals surface area (Å²) < 4.78 is 14.9. The first-order valence-corrected chi connectivity index (χ1v) is 9.92. The Bertz CT molecular complexity index is 1010. The van der Waals surface area contributed by atoms with E-state index in [9.17, 15) is 9.18 Å². The zero-order chi connectivity index (χ0) is 20.4. The Kier molecular flexibility index (Phi) is 5.34. The Morgan fingerprint density at radius 2 is 1.93 bits per heavy atom. The first-order valence-electron chi connectivity index (χ1n) is 9.92. The number of nitrogens with one attached hydrogen (secondary N) is 1. The van der Waals surface area contributed by atoms with Gasteiger partial charge in [0.15, 0.2) is 0 Å². The van der Waals surface area contributed by atoms with Gasteiger partial charge >= 0.3 is 0 Å². The Morgan fingerprint density at radius 3 is 2.69 bits per heavy atom. The molecule has 1 fully saturated rings. The Morgan fingerprint density at radius 1 is 1.17 bits per heavy atom. The van der Waals surface area contributed by atoms with E-state index in [2.05, 4.69) is 15.3 Å². The average molecular weight is 392 g/mol. The van der Waals surface area contributed by atoms with Crippen molar-refractivity contribution in [3.63, 3.8) is 0 Å². The normalized spacial score (nSPS) is 16.2. The van der Waals surface area contributed by atoms with Crippen LogP contribution < -0.4 is 10.2 Å². The number of halogens is 1. The molecule has 2 heterocycles. The van der Waals surface area contributed by atoms with Crippen LogP contribution in [0.2, 0.25) is 0 Å². The molecule has 1 aromatic heterocycles. The van der Waals surface area contributed by atoms with Crippen LogP contribution in [0.1, 0.15) is 28.0 Å². The molecule has 0 spiro atoms. The molecule has 0 bridgehead atoms. The zero-order valence-corrected chi connectivity index (χ0v) is 16.7. The smallest absolute Gasteiger partial charge is 0.254 e. The van der Waals surface area contributed by atoms with Gasteiger partial charge in [-0.2, -0.15) is 5.10 Å². The molecule has 1 atom stereocenters. The summed E-state index contributed by atoms with van der Waals surface area (Å²) >= 11 is 0. The second-order valence-corrected chi connectivity index (χ2v) is 7.63. The third-order valence-electron chi connectivity index (χ3n) is 5.63. The van der Waals surface area contributed by atoms with Crippen LogP contribution in [0.5, 0.6) is 0 Å². The van der Waals surface area contributed by atoms with Crippen LogP contribution in [0.15, 0.2) is 54.7 Å². The van der Waals surface area contributed by atoms with Crippen molar-refractivity contribution in [2.24, 2.45) is 5.92 Å². The molecule has 3 aromatic rings. The van der Waals surface area contributed by atoms with Crippen LogP contribution in [-0.2, 0) is 0 Å². The van der Waals surface area contributed by atoms with Gasteiger partial charge in [-0.3, -0.25) is 4.79 Å². The molecule has 1 saturated heterocycles. The maximum atomic E-state index is 13.1. The number of nitrogens with zero attached hydrogens (tertiary/aromatic N) is 3. The van der Waals surface area contributed by atoms with Gasteiger partial charge in [-0.05, 0) is 62.1 Å². The van der Waals surface area contributed by atoms with Crippen LogP contribution in [-0.4, -0.2) is 35.3 Å². The standard InChI is InChI=1S/C23H25FN4O/c1-16-5-3-4-6-22(16)28-17(2)21(14-26-28)23(29)25-13-18-11-12-27(15-18)20-9-7-19(24)8-10-20/h3-10,14,18H,11-13,15H2,1-2H3,(H,25,29). The third-order valence-corrected chi connectivity index (χ3v) is 5.63. The predicted molar refractivity (Wildman–Crippen MR) is 112 cm³/mol. The summed E-state index contributed by atoms with van der Waals surface area (Å²) in [5, 5.41) is 7.49. The van der Waals surface area contributed by atoms with Gasteiger partial charge in [-0.1, -0.05) is 18.2 Å². The summed E-state index contributed by atoms with van der Waals surface area (Å²) in [6, 6.07) is 14.6. The second-order valence-electron chi connectivity index (χ2n) is 7.63. The maximum Gasteiger partial charge on any atom is 0.254 e. The SMILES string of the molecule is Cc1ccccc1-n1ncc(C(=O)NCC2CCN(c3ccc(F)cc3)C2)c1C. The number of hydrogen-bond donors (Lipinski definition) is 1. The molecule has 1 amide bonds. The zero-order valence-electron chi connectivity index (χ0n) is 16.7. The third kappa shape index (κ3) is 4.01. The summed E-state index contributed by atoms with van der Waals surface area (Å²) in [5.74, 6) is 0.0525. The van der Waals surface area contributed by atoms with E-state index in [-0.39, 0.29) is 11.7 Å². The number of carbonyl (C=O) groups is 1. The quantitative estimate of drug-likeness (QED) is 0.717. The van der Waals surface area contributed by atoms with E-state index in [0.717, 1.165) is 42.1 Å². The Labute approximate surface area is 170 Å². The lowest BCUT2D eigenvalue weighted by Gasteiger charge is -2.18. The lowest BCUT2D eigenvalue weighted by Crippen LogP contribution is -2.31. The molecule has 4 rings (SSSR count). The molecule has 6 heteroatoms. The molecular formula is C23H25FN4O. The van der Waals surface area contributed by atoms with Crippen molar-refractivity contribution in [3.05, 3.63) is 77.4 Å². The summed E-state index contributed by atoms with van der Waals surface area (Å²) in [6.07, 6.45) is 2.63. The molecule has 0 saturated carbocycles. The lowest BCUT2D eigenvalue weighted by molar-refractivity contribution is 0.0947. The van der Waals surface area contributed by atoms with Crippen LogP contribution in [0.3, 0.4) is 0 Å². The Balaban J connectivity index is 1.37. The highest BCUT2D eigenvalue weighted by atomic mass is 19.1. The number of para-hydroxylation sites is 1. The van der Waals surface area contributed by atoms with E-state index in [4.69, 9.17) is 0 Å². The summed E-state index contributed by atoms with van der Waals surface area (Å²) in [7, 11) is 0. The van der Waals surface area contributed by atoms with Gasteiger partial charge in [0.05, 0.1) is 23.1 Å². The monoisotopic (exact) mass is 392 g/mol. The fourth-order valence-corrected chi connectivity index (χ4v) is 3.89. The number of aryl methyl sites for hydroxylation is 1. The van der Waals surface area contributed by atoms with Crippen molar-refractivity contribution in [3.8, 4) is 5.69 Å². The molecule has 1 N–H and O–H groups in total. The molecule has 1 unspecified atom stereocenters. The van der Waals surface area contributed by atoms with Gasteiger partial charge in [-0.15, -0.1) is 0 Å². The summed E-state index contributed by atoms with van der Waals surface area (Å²) in [4.78, 5) is 15.0. The van der Waals surface area contributed by atoms with E-state index >= 15 is 0 Å². The van der Waals surface area contributed by atoms with Gasteiger partial charge in [0.2, 0.25) is 0 Å². The van der Waals surface area contributed by atoms with E-state index < -0.39 is 0 Å². The second kappa shape index (κ2) is 8.07. The van der Waals surface area contributed by atoms with E-state index in [1.807, 2.05) is 42.8 Å². The minimum absolute atomic E-state index is 0.0948. The summed E-state index contributed by atoms with van der Waals surface area (Å²) in [5.41, 5.74) is 4.54. The first-order chi connectivity index (χ1) is 14.0. The van der Waals surface area contributed by atoms with Crippen LogP contribution in [0, 0.1) is 25.6 Å². The number of aromatic nitrogens is 2. The van der Waals surface area contributed by atoms with Crippen molar-refractivity contribution in [1.82, 2.24) is 15.1 Å². The van der Waals surface area contributed by atoms with E-state index in [1.54, 1.807) is 18.3 Å². The van der Waals surface area contributed by atoms with Crippen molar-refractivity contribution < 1.29 is 9.18 Å². The number of amides is 1. The maximum absolute atomic E-state index is 13.1. The molecule has 1 aliphatic rings. The Hall–Kier alpha value is -3.15. The molecule has 1 aliphatic heterocycles. The fourth-order valence-electron chi connectivity index (χ4n) is 3.89.